The molecule has 0 bridgehead atoms. The van der Waals surface area contributed by atoms with Crippen LogP contribution in [0.4, 0.5) is 5.69 Å². The van der Waals surface area contributed by atoms with Crippen LogP contribution in [0.3, 0.4) is 0 Å². The van der Waals surface area contributed by atoms with Crippen LogP contribution in [0.15, 0.2) is 53.7 Å². The van der Waals surface area contributed by atoms with E-state index in [1.54, 1.807) is 7.11 Å². The molecule has 0 spiro atoms. The van der Waals surface area contributed by atoms with Gasteiger partial charge in [-0.15, -0.1) is 0 Å². The van der Waals surface area contributed by atoms with Crippen molar-refractivity contribution in [2.75, 3.05) is 12.4 Å². The van der Waals surface area contributed by atoms with Crippen molar-refractivity contribution in [1.82, 2.24) is 10.6 Å². The van der Waals surface area contributed by atoms with Gasteiger partial charge in [-0.2, -0.15) is 0 Å². The highest BCUT2D eigenvalue weighted by Crippen LogP contribution is 2.30. The van der Waals surface area contributed by atoms with Crippen molar-refractivity contribution in [3.63, 3.8) is 0 Å². The van der Waals surface area contributed by atoms with Crippen LogP contribution in [0.25, 0.3) is 0 Å². The highest BCUT2D eigenvalue weighted by molar-refractivity contribution is 7.80. The van der Waals surface area contributed by atoms with Crippen LogP contribution >= 0.6 is 12.2 Å². The molecule has 1 heterocycles. The Morgan fingerprint density at radius 1 is 1.15 bits per heavy atom. The van der Waals surface area contributed by atoms with Gasteiger partial charge in [0.05, 0.1) is 18.7 Å². The summed E-state index contributed by atoms with van der Waals surface area (Å²) < 4.78 is 5.32. The quantitative estimate of drug-likeness (QED) is 0.704. The monoisotopic (exact) mass is 381 g/mol. The van der Waals surface area contributed by atoms with Crippen LogP contribution in [0.2, 0.25) is 0 Å². The zero-order valence-electron chi connectivity index (χ0n) is 15.8. The van der Waals surface area contributed by atoms with Crippen LogP contribution in [0, 0.1) is 13.8 Å². The maximum atomic E-state index is 13.1. The van der Waals surface area contributed by atoms with Gasteiger partial charge in [-0.25, -0.2) is 0 Å². The Balaban J connectivity index is 1.96. The van der Waals surface area contributed by atoms with Gasteiger partial charge in [0.2, 0.25) is 0 Å². The molecule has 3 N–H and O–H groups in total. The number of ether oxygens (including phenoxy) is 1. The predicted molar refractivity (Wildman–Crippen MR) is 112 cm³/mol. The minimum atomic E-state index is -0.361. The zero-order chi connectivity index (χ0) is 19.6. The van der Waals surface area contributed by atoms with E-state index in [1.165, 1.54) is 0 Å². The van der Waals surface area contributed by atoms with Gasteiger partial charge in [0.15, 0.2) is 5.11 Å². The number of anilines is 1. The summed E-state index contributed by atoms with van der Waals surface area (Å²) in [6.45, 7) is 5.87. The average molecular weight is 382 g/mol. The Hall–Kier alpha value is -2.86. The van der Waals surface area contributed by atoms with E-state index in [9.17, 15) is 4.79 Å². The minimum Gasteiger partial charge on any atom is -0.497 e. The van der Waals surface area contributed by atoms with Crippen LogP contribution < -0.4 is 20.7 Å². The van der Waals surface area contributed by atoms with E-state index in [-0.39, 0.29) is 11.9 Å². The molecule has 2 aromatic carbocycles. The topological polar surface area (TPSA) is 62.4 Å². The van der Waals surface area contributed by atoms with Crippen LogP contribution in [0.1, 0.15) is 29.7 Å². The first-order valence-corrected chi connectivity index (χ1v) is 9.10. The predicted octanol–water partition coefficient (Wildman–Crippen LogP) is 3.74. The number of rotatable bonds is 4. The summed E-state index contributed by atoms with van der Waals surface area (Å²) in [5.41, 5.74) is 5.20. The van der Waals surface area contributed by atoms with Gasteiger partial charge in [0, 0.05) is 11.4 Å². The molecule has 3 rings (SSSR count). The summed E-state index contributed by atoms with van der Waals surface area (Å²) in [5.74, 6) is 0.556. The molecular weight excluding hydrogens is 358 g/mol. The molecule has 0 saturated heterocycles. The van der Waals surface area contributed by atoms with E-state index >= 15 is 0 Å². The lowest BCUT2D eigenvalue weighted by molar-refractivity contribution is -0.113. The van der Waals surface area contributed by atoms with E-state index in [1.807, 2.05) is 63.2 Å². The third kappa shape index (κ3) is 4.11. The van der Waals surface area contributed by atoms with Crippen molar-refractivity contribution in [3.8, 4) is 5.75 Å². The summed E-state index contributed by atoms with van der Waals surface area (Å²) in [5, 5.41) is 9.78. The lowest BCUT2D eigenvalue weighted by Crippen LogP contribution is -2.45. The van der Waals surface area contributed by atoms with Crippen molar-refractivity contribution >= 4 is 28.9 Å². The molecular formula is C21H23N3O2S. The lowest BCUT2D eigenvalue weighted by Gasteiger charge is -2.30. The first-order valence-electron chi connectivity index (χ1n) is 8.70. The molecule has 0 saturated carbocycles. The van der Waals surface area contributed by atoms with Gasteiger partial charge >= 0.3 is 0 Å². The third-order valence-corrected chi connectivity index (χ3v) is 4.79. The Kier molecular flexibility index (Phi) is 5.46. The van der Waals surface area contributed by atoms with Crippen LogP contribution in [-0.2, 0) is 4.79 Å². The molecule has 1 aliphatic heterocycles. The van der Waals surface area contributed by atoms with Crippen molar-refractivity contribution in [2.45, 2.75) is 26.8 Å². The Morgan fingerprint density at radius 3 is 2.63 bits per heavy atom. The van der Waals surface area contributed by atoms with E-state index < -0.39 is 0 Å². The summed E-state index contributed by atoms with van der Waals surface area (Å²) in [4.78, 5) is 13.1. The van der Waals surface area contributed by atoms with Gasteiger partial charge in [0.25, 0.3) is 5.91 Å². The molecule has 0 aromatic heterocycles. The van der Waals surface area contributed by atoms with Crippen molar-refractivity contribution in [3.05, 3.63) is 70.4 Å². The number of carbonyl (C=O) groups excluding carboxylic acids is 1. The molecule has 0 radical (unpaired) electrons. The molecule has 5 nitrogen and oxygen atoms in total. The number of allylic oxidation sites excluding steroid dienone is 1. The Labute approximate surface area is 164 Å². The minimum absolute atomic E-state index is 0.172. The zero-order valence-corrected chi connectivity index (χ0v) is 16.7. The van der Waals surface area contributed by atoms with E-state index in [2.05, 4.69) is 16.0 Å². The number of carbonyl (C=O) groups is 1. The van der Waals surface area contributed by atoms with Gasteiger partial charge < -0.3 is 20.7 Å². The van der Waals surface area contributed by atoms with Crippen molar-refractivity contribution in [1.29, 1.82) is 0 Å². The van der Waals surface area contributed by atoms with Crippen molar-refractivity contribution < 1.29 is 9.53 Å². The van der Waals surface area contributed by atoms with Gasteiger partial charge in [-0.1, -0.05) is 29.8 Å². The molecule has 27 heavy (non-hydrogen) atoms. The van der Waals surface area contributed by atoms with Crippen LogP contribution in [-0.4, -0.2) is 18.1 Å². The molecule has 140 valence electrons. The fourth-order valence-corrected chi connectivity index (χ4v) is 3.48. The Bertz CT molecular complexity index is 937. The molecule has 0 aliphatic carbocycles. The maximum Gasteiger partial charge on any atom is 0.255 e. The molecule has 1 aliphatic rings. The third-order valence-electron chi connectivity index (χ3n) is 4.57. The maximum absolute atomic E-state index is 13.1. The van der Waals surface area contributed by atoms with E-state index in [0.29, 0.717) is 10.7 Å². The highest BCUT2D eigenvalue weighted by atomic mass is 32.1. The number of amides is 1. The fraction of sp³-hybridized carbons (Fsp3) is 0.238. The molecule has 1 unspecified atom stereocenters. The number of methoxy groups -OCH3 is 1. The van der Waals surface area contributed by atoms with Gasteiger partial charge in [-0.05, 0) is 62.3 Å². The normalized spacial score (nSPS) is 16.4. The standard InChI is InChI=1S/C21H23N3O2S/c1-12-8-9-17(13(2)10-12)23-20(25)18-14(3)22-21(27)24-19(18)15-6-5-7-16(11-15)26-4/h5-11,19H,1-4H3,(H,23,25)(H2,22,24,27). The largest absolute Gasteiger partial charge is 0.497 e. The molecule has 2 aromatic rings. The van der Waals surface area contributed by atoms with Crippen LogP contribution in [0.5, 0.6) is 5.75 Å². The summed E-state index contributed by atoms with van der Waals surface area (Å²) in [6.07, 6.45) is 0. The molecule has 1 atom stereocenters. The smallest absolute Gasteiger partial charge is 0.255 e. The second kappa shape index (κ2) is 7.80. The molecule has 0 fully saturated rings. The molecule has 6 heteroatoms. The summed E-state index contributed by atoms with van der Waals surface area (Å²) in [7, 11) is 1.62. The molecule has 1 amide bonds. The number of nitrogens with one attached hydrogen (secondary N) is 3. The second-order valence-electron chi connectivity index (χ2n) is 6.62. The van der Waals surface area contributed by atoms with E-state index in [4.69, 9.17) is 17.0 Å². The number of aryl methyl sites for hydroxylation is 2. The fourth-order valence-electron chi connectivity index (χ4n) is 3.21. The lowest BCUT2D eigenvalue weighted by atomic mass is 9.94. The Morgan fingerprint density at radius 2 is 1.93 bits per heavy atom. The first-order chi connectivity index (χ1) is 12.9. The SMILES string of the molecule is COc1cccc(C2NC(=S)NC(C)=C2C(=O)Nc2ccc(C)cc2C)c1. The number of thiocarbonyl (C=S) groups is 1. The van der Waals surface area contributed by atoms with Gasteiger partial charge in [0.1, 0.15) is 5.75 Å². The first kappa shape index (κ1) is 18.9. The van der Waals surface area contributed by atoms with Gasteiger partial charge in [-0.3, -0.25) is 4.79 Å². The number of hydrogen-bond acceptors (Lipinski definition) is 3. The highest BCUT2D eigenvalue weighted by Gasteiger charge is 2.30. The number of hydrogen-bond donors (Lipinski definition) is 3. The summed E-state index contributed by atoms with van der Waals surface area (Å²) >= 11 is 5.31. The van der Waals surface area contributed by atoms with Crippen molar-refractivity contribution in [2.24, 2.45) is 0 Å². The summed E-state index contributed by atoms with van der Waals surface area (Å²) in [6, 6.07) is 13.2. The second-order valence-corrected chi connectivity index (χ2v) is 7.03. The van der Waals surface area contributed by atoms with E-state index in [0.717, 1.165) is 33.8 Å². The number of benzene rings is 2. The average Bonchev–Trinajstić information content (AvgIpc) is 2.63.